The quantitative estimate of drug-likeness (QED) is 0.551. The first-order valence-electron chi connectivity index (χ1n) is 3.15. The number of methoxy groups -OCH3 is 1. The second-order valence-electron chi connectivity index (χ2n) is 2.21. The SMILES string of the molecule is COC1C[C@@H](O)CCO1. The van der Waals surface area contributed by atoms with Gasteiger partial charge >= 0.3 is 0 Å². The van der Waals surface area contributed by atoms with Crippen molar-refractivity contribution in [3.8, 4) is 0 Å². The predicted molar refractivity (Wildman–Crippen MR) is 32.0 cm³/mol. The highest BCUT2D eigenvalue weighted by molar-refractivity contribution is 4.62. The molecule has 1 saturated heterocycles. The summed E-state index contributed by atoms with van der Waals surface area (Å²) in [6, 6.07) is 0. The third-order valence-corrected chi connectivity index (χ3v) is 1.48. The molecule has 1 fully saturated rings. The van der Waals surface area contributed by atoms with Crippen LogP contribution in [0.4, 0.5) is 0 Å². The van der Waals surface area contributed by atoms with Crippen LogP contribution in [0.15, 0.2) is 0 Å². The molecule has 1 N–H and O–H groups in total. The molecule has 54 valence electrons. The molecule has 0 aromatic heterocycles. The van der Waals surface area contributed by atoms with Crippen molar-refractivity contribution in [3.05, 3.63) is 0 Å². The summed E-state index contributed by atoms with van der Waals surface area (Å²) in [6.45, 7) is 0.611. The largest absolute Gasteiger partial charge is 0.393 e. The summed E-state index contributed by atoms with van der Waals surface area (Å²) in [7, 11) is 1.59. The van der Waals surface area contributed by atoms with Crippen molar-refractivity contribution >= 4 is 0 Å². The van der Waals surface area contributed by atoms with Gasteiger partial charge < -0.3 is 14.6 Å². The fourth-order valence-corrected chi connectivity index (χ4v) is 0.908. The van der Waals surface area contributed by atoms with Crippen molar-refractivity contribution in [2.75, 3.05) is 13.7 Å². The van der Waals surface area contributed by atoms with Crippen LogP contribution in [-0.4, -0.2) is 31.2 Å². The van der Waals surface area contributed by atoms with Gasteiger partial charge in [0.05, 0.1) is 12.7 Å². The molecule has 9 heavy (non-hydrogen) atoms. The summed E-state index contributed by atoms with van der Waals surface area (Å²) in [6.07, 6.45) is 0.925. The molecular formula is C6H12O3. The fraction of sp³-hybridized carbons (Fsp3) is 1.00. The molecule has 1 aliphatic heterocycles. The van der Waals surface area contributed by atoms with Gasteiger partial charge in [0.1, 0.15) is 0 Å². The second kappa shape index (κ2) is 3.15. The molecule has 0 aliphatic carbocycles. The van der Waals surface area contributed by atoms with E-state index in [1.54, 1.807) is 7.11 Å². The Balaban J connectivity index is 2.23. The van der Waals surface area contributed by atoms with E-state index in [0.717, 1.165) is 6.42 Å². The van der Waals surface area contributed by atoms with E-state index in [4.69, 9.17) is 14.6 Å². The highest BCUT2D eigenvalue weighted by atomic mass is 16.7. The van der Waals surface area contributed by atoms with Crippen LogP contribution in [0, 0.1) is 0 Å². The van der Waals surface area contributed by atoms with E-state index >= 15 is 0 Å². The molecule has 0 aromatic carbocycles. The molecule has 0 saturated carbocycles. The minimum absolute atomic E-state index is 0.186. The van der Waals surface area contributed by atoms with Crippen LogP contribution in [0.3, 0.4) is 0 Å². The number of ether oxygens (including phenoxy) is 2. The van der Waals surface area contributed by atoms with Crippen LogP contribution in [-0.2, 0) is 9.47 Å². The smallest absolute Gasteiger partial charge is 0.159 e. The Morgan fingerprint density at radius 3 is 2.89 bits per heavy atom. The average Bonchev–Trinajstić information content (AvgIpc) is 1.88. The lowest BCUT2D eigenvalue weighted by Crippen LogP contribution is -2.29. The van der Waals surface area contributed by atoms with Crippen molar-refractivity contribution in [3.63, 3.8) is 0 Å². The average molecular weight is 132 g/mol. The van der Waals surface area contributed by atoms with Gasteiger partial charge in [0.15, 0.2) is 6.29 Å². The van der Waals surface area contributed by atoms with Crippen LogP contribution in [0.2, 0.25) is 0 Å². The van der Waals surface area contributed by atoms with Crippen molar-refractivity contribution < 1.29 is 14.6 Å². The van der Waals surface area contributed by atoms with E-state index in [1.807, 2.05) is 0 Å². The number of rotatable bonds is 1. The molecule has 0 amide bonds. The number of aliphatic hydroxyl groups is 1. The molecule has 0 spiro atoms. The fourth-order valence-electron chi connectivity index (χ4n) is 0.908. The maximum atomic E-state index is 9.05. The van der Waals surface area contributed by atoms with E-state index < -0.39 is 0 Å². The Bertz CT molecular complexity index is 84.4. The molecule has 0 radical (unpaired) electrons. The topological polar surface area (TPSA) is 38.7 Å². The van der Waals surface area contributed by atoms with E-state index in [0.29, 0.717) is 13.0 Å². The Kier molecular flexibility index (Phi) is 2.45. The van der Waals surface area contributed by atoms with E-state index in [-0.39, 0.29) is 12.4 Å². The van der Waals surface area contributed by atoms with Crippen LogP contribution >= 0.6 is 0 Å². The third-order valence-electron chi connectivity index (χ3n) is 1.48. The Labute approximate surface area is 54.6 Å². The Morgan fingerprint density at radius 2 is 2.44 bits per heavy atom. The molecule has 1 heterocycles. The van der Waals surface area contributed by atoms with Gasteiger partial charge in [-0.3, -0.25) is 0 Å². The Hall–Kier alpha value is -0.120. The lowest BCUT2D eigenvalue weighted by Gasteiger charge is -2.24. The first kappa shape index (κ1) is 6.99. The minimum Gasteiger partial charge on any atom is -0.393 e. The third kappa shape index (κ3) is 1.93. The van der Waals surface area contributed by atoms with Crippen molar-refractivity contribution in [2.24, 2.45) is 0 Å². The maximum Gasteiger partial charge on any atom is 0.159 e. The zero-order valence-corrected chi connectivity index (χ0v) is 5.54. The van der Waals surface area contributed by atoms with Crippen LogP contribution < -0.4 is 0 Å². The molecule has 3 heteroatoms. The molecule has 3 nitrogen and oxygen atoms in total. The van der Waals surface area contributed by atoms with Crippen molar-refractivity contribution in [2.45, 2.75) is 25.2 Å². The molecule has 0 aromatic rings. The zero-order valence-electron chi connectivity index (χ0n) is 5.54. The predicted octanol–water partition coefficient (Wildman–Crippen LogP) is 0.130. The summed E-state index contributed by atoms with van der Waals surface area (Å²) in [4.78, 5) is 0. The number of hydrogen-bond acceptors (Lipinski definition) is 3. The van der Waals surface area contributed by atoms with Gasteiger partial charge in [-0.05, 0) is 6.42 Å². The molecular weight excluding hydrogens is 120 g/mol. The summed E-state index contributed by atoms with van der Waals surface area (Å²) in [5.74, 6) is 0. The first-order chi connectivity index (χ1) is 4.33. The van der Waals surface area contributed by atoms with Crippen molar-refractivity contribution in [1.82, 2.24) is 0 Å². The number of hydrogen-bond donors (Lipinski definition) is 1. The molecule has 1 aliphatic rings. The summed E-state index contributed by atoms with van der Waals surface area (Å²) < 4.78 is 9.99. The Morgan fingerprint density at radius 1 is 1.67 bits per heavy atom. The lowest BCUT2D eigenvalue weighted by molar-refractivity contribution is -0.170. The minimum atomic E-state index is -0.233. The van der Waals surface area contributed by atoms with Gasteiger partial charge in [0, 0.05) is 13.5 Å². The lowest BCUT2D eigenvalue weighted by atomic mass is 10.1. The molecule has 0 bridgehead atoms. The van der Waals surface area contributed by atoms with Crippen LogP contribution in [0.25, 0.3) is 0 Å². The van der Waals surface area contributed by atoms with E-state index in [1.165, 1.54) is 0 Å². The van der Waals surface area contributed by atoms with Gasteiger partial charge in [-0.15, -0.1) is 0 Å². The van der Waals surface area contributed by atoms with Gasteiger partial charge in [0.2, 0.25) is 0 Å². The normalized spacial score (nSPS) is 36.7. The summed E-state index contributed by atoms with van der Waals surface area (Å²) in [5.41, 5.74) is 0. The highest BCUT2D eigenvalue weighted by Crippen LogP contribution is 2.13. The zero-order chi connectivity index (χ0) is 6.69. The van der Waals surface area contributed by atoms with Gasteiger partial charge in [-0.1, -0.05) is 0 Å². The molecule has 1 unspecified atom stereocenters. The standard InChI is InChI=1S/C6H12O3/c1-8-6-4-5(7)2-3-9-6/h5-7H,2-4H2,1H3/t5-,6?/m0/s1. The van der Waals surface area contributed by atoms with Crippen molar-refractivity contribution in [1.29, 1.82) is 0 Å². The first-order valence-corrected chi connectivity index (χ1v) is 3.15. The van der Waals surface area contributed by atoms with Gasteiger partial charge in [-0.25, -0.2) is 0 Å². The molecule has 1 rings (SSSR count). The van der Waals surface area contributed by atoms with Crippen LogP contribution in [0.1, 0.15) is 12.8 Å². The van der Waals surface area contributed by atoms with E-state index in [9.17, 15) is 0 Å². The van der Waals surface area contributed by atoms with Crippen LogP contribution in [0.5, 0.6) is 0 Å². The summed E-state index contributed by atoms with van der Waals surface area (Å²) in [5, 5.41) is 9.05. The monoisotopic (exact) mass is 132 g/mol. The molecule has 2 atom stereocenters. The maximum absolute atomic E-state index is 9.05. The van der Waals surface area contributed by atoms with Gasteiger partial charge in [0.25, 0.3) is 0 Å². The highest BCUT2D eigenvalue weighted by Gasteiger charge is 2.19. The van der Waals surface area contributed by atoms with E-state index in [2.05, 4.69) is 0 Å². The summed E-state index contributed by atoms with van der Waals surface area (Å²) >= 11 is 0. The van der Waals surface area contributed by atoms with Gasteiger partial charge in [-0.2, -0.15) is 0 Å². The second-order valence-corrected chi connectivity index (χ2v) is 2.21. The number of aliphatic hydroxyl groups excluding tert-OH is 1.